The Kier molecular flexibility index (Phi) is 7.12. The predicted molar refractivity (Wildman–Crippen MR) is 217 cm³/mol. The number of nitrogens with zero attached hydrogens (tertiary/aromatic N) is 3. The lowest BCUT2D eigenvalue weighted by Gasteiger charge is -2.10. The van der Waals surface area contributed by atoms with Crippen molar-refractivity contribution in [2.24, 2.45) is 0 Å². The zero-order chi connectivity index (χ0) is 34.6. The van der Waals surface area contributed by atoms with Crippen molar-refractivity contribution in [1.82, 2.24) is 15.0 Å². The second-order valence-electron chi connectivity index (χ2n) is 12.8. The molecule has 52 heavy (non-hydrogen) atoms. The van der Waals surface area contributed by atoms with Crippen LogP contribution in [0.15, 0.2) is 169 Å². The Morgan fingerprint density at radius 1 is 0.423 bits per heavy atom. The lowest BCUT2D eigenvalue weighted by Crippen LogP contribution is -2.00. The summed E-state index contributed by atoms with van der Waals surface area (Å²) in [5.74, 6) is 1.89. The number of hydrogen-bond acceptors (Lipinski definition) is 5. The maximum Gasteiger partial charge on any atom is 0.164 e. The minimum Gasteiger partial charge on any atom is -0.455 e. The summed E-state index contributed by atoms with van der Waals surface area (Å²) in [7, 11) is 0. The first-order chi connectivity index (χ1) is 25.7. The van der Waals surface area contributed by atoms with Gasteiger partial charge in [0, 0.05) is 64.3 Å². The molecule has 0 unspecified atom stereocenters. The van der Waals surface area contributed by atoms with Crippen LogP contribution in [0, 0.1) is 0 Å². The third-order valence-corrected chi connectivity index (χ3v) is 11.0. The molecule has 3 aromatic heterocycles. The second kappa shape index (κ2) is 12.3. The second-order valence-corrected chi connectivity index (χ2v) is 13.8. The fourth-order valence-electron chi connectivity index (χ4n) is 7.24. The average molecular weight is 684 g/mol. The van der Waals surface area contributed by atoms with Crippen molar-refractivity contribution in [1.29, 1.82) is 0 Å². The van der Waals surface area contributed by atoms with Gasteiger partial charge < -0.3 is 4.42 Å². The Morgan fingerprint density at radius 2 is 0.904 bits per heavy atom. The molecule has 0 atom stereocenters. The van der Waals surface area contributed by atoms with Crippen molar-refractivity contribution in [2.75, 3.05) is 0 Å². The van der Waals surface area contributed by atoms with Crippen LogP contribution < -0.4 is 0 Å². The van der Waals surface area contributed by atoms with Crippen LogP contribution in [0.3, 0.4) is 0 Å². The molecule has 3 heterocycles. The highest BCUT2D eigenvalue weighted by Gasteiger charge is 2.19. The minimum absolute atomic E-state index is 0.615. The summed E-state index contributed by atoms with van der Waals surface area (Å²) in [5, 5.41) is 4.67. The Balaban J connectivity index is 1.13. The van der Waals surface area contributed by atoms with Gasteiger partial charge in [0.25, 0.3) is 0 Å². The summed E-state index contributed by atoms with van der Waals surface area (Å²) in [4.78, 5) is 14.8. The maximum atomic E-state index is 6.94. The van der Waals surface area contributed by atoms with Gasteiger partial charge in [0.15, 0.2) is 17.5 Å². The lowest BCUT2D eigenvalue weighted by atomic mass is 9.98. The molecule has 0 amide bonds. The molecule has 10 aromatic rings. The van der Waals surface area contributed by atoms with E-state index in [9.17, 15) is 0 Å². The third-order valence-electron chi connectivity index (χ3n) is 9.72. The van der Waals surface area contributed by atoms with Crippen molar-refractivity contribution >= 4 is 59.5 Å². The van der Waals surface area contributed by atoms with Crippen molar-refractivity contribution in [3.63, 3.8) is 0 Å². The molecule has 0 aliphatic rings. The van der Waals surface area contributed by atoms with Crippen LogP contribution in [0.4, 0.5) is 0 Å². The molecule has 4 nitrogen and oxygen atoms in total. The molecule has 0 bridgehead atoms. The van der Waals surface area contributed by atoms with Gasteiger partial charge in [-0.05, 0) is 17.2 Å². The fraction of sp³-hybridized carbons (Fsp3) is 0. The summed E-state index contributed by atoms with van der Waals surface area (Å²) >= 11 is 1.82. The van der Waals surface area contributed by atoms with Gasteiger partial charge in [-0.25, -0.2) is 15.0 Å². The zero-order valence-electron chi connectivity index (χ0n) is 28.0. The van der Waals surface area contributed by atoms with Gasteiger partial charge in [0.2, 0.25) is 0 Å². The molecule has 0 saturated carbocycles. The van der Waals surface area contributed by atoms with E-state index in [4.69, 9.17) is 19.4 Å². The first-order valence-electron chi connectivity index (χ1n) is 17.2. The minimum atomic E-state index is 0.615. The first-order valence-corrected chi connectivity index (χ1v) is 18.0. The van der Waals surface area contributed by atoms with Crippen molar-refractivity contribution in [3.8, 4) is 56.4 Å². The quantitative estimate of drug-likeness (QED) is 0.175. The fourth-order valence-corrected chi connectivity index (χ4v) is 8.58. The molecule has 5 heteroatoms. The highest BCUT2D eigenvalue weighted by atomic mass is 32.1. The van der Waals surface area contributed by atoms with Gasteiger partial charge in [-0.2, -0.15) is 0 Å². The summed E-state index contributed by atoms with van der Waals surface area (Å²) in [6, 6.07) is 54.4. The number of para-hydroxylation sites is 2. The van der Waals surface area contributed by atoms with Gasteiger partial charge in [-0.1, -0.05) is 164 Å². The standard InChI is InChI=1S/C47H29N3OS/c1-2-29-18-10-25-39-40-27-13-26-38(44(40)52-43(29)39)37-24-12-23-36-35-22-11-21-34(41(35)51-42(36)37)32-19-9-20-33(28-32)47-49-45(30-14-5-3-6-15-30)48-46(50-47)31-16-7-4-8-17-31/h2-28H,1H2. The van der Waals surface area contributed by atoms with E-state index >= 15 is 0 Å². The number of rotatable bonds is 6. The molecular formula is C47H29N3OS. The zero-order valence-corrected chi connectivity index (χ0v) is 28.8. The number of aromatic nitrogens is 3. The van der Waals surface area contributed by atoms with Crippen LogP contribution in [-0.2, 0) is 0 Å². The van der Waals surface area contributed by atoms with Crippen LogP contribution in [0.5, 0.6) is 0 Å². The lowest BCUT2D eigenvalue weighted by molar-refractivity contribution is 0.671. The van der Waals surface area contributed by atoms with E-state index in [-0.39, 0.29) is 0 Å². The molecule has 0 spiro atoms. The summed E-state index contributed by atoms with van der Waals surface area (Å²) < 4.78 is 9.44. The molecule has 244 valence electrons. The number of benzene rings is 7. The molecule has 0 radical (unpaired) electrons. The van der Waals surface area contributed by atoms with Crippen molar-refractivity contribution in [2.45, 2.75) is 0 Å². The van der Waals surface area contributed by atoms with Crippen molar-refractivity contribution in [3.05, 3.63) is 170 Å². The van der Waals surface area contributed by atoms with E-state index in [0.29, 0.717) is 17.5 Å². The summed E-state index contributed by atoms with van der Waals surface area (Å²) in [5.41, 5.74) is 9.95. The maximum absolute atomic E-state index is 6.94. The van der Waals surface area contributed by atoms with Gasteiger partial charge in [0.05, 0.1) is 0 Å². The molecule has 10 rings (SSSR count). The van der Waals surface area contributed by atoms with Crippen LogP contribution >= 0.6 is 11.3 Å². The van der Waals surface area contributed by atoms with Gasteiger partial charge >= 0.3 is 0 Å². The number of furan rings is 1. The van der Waals surface area contributed by atoms with Gasteiger partial charge in [-0.3, -0.25) is 0 Å². The molecule has 0 aliphatic heterocycles. The Morgan fingerprint density at radius 3 is 1.56 bits per heavy atom. The van der Waals surface area contributed by atoms with E-state index in [1.165, 1.54) is 25.7 Å². The van der Waals surface area contributed by atoms with Gasteiger partial charge in [-0.15, -0.1) is 11.3 Å². The largest absolute Gasteiger partial charge is 0.455 e. The van der Waals surface area contributed by atoms with E-state index < -0.39 is 0 Å². The molecular weight excluding hydrogens is 655 g/mol. The average Bonchev–Trinajstić information content (AvgIpc) is 3.80. The predicted octanol–water partition coefficient (Wildman–Crippen LogP) is 13.1. The van der Waals surface area contributed by atoms with E-state index in [1.807, 2.05) is 78.1 Å². The van der Waals surface area contributed by atoms with Crippen LogP contribution in [-0.4, -0.2) is 15.0 Å². The molecule has 7 aromatic carbocycles. The van der Waals surface area contributed by atoms with Crippen molar-refractivity contribution < 1.29 is 4.42 Å². The highest BCUT2D eigenvalue weighted by molar-refractivity contribution is 7.26. The van der Waals surface area contributed by atoms with E-state index in [1.54, 1.807) is 0 Å². The monoisotopic (exact) mass is 683 g/mol. The number of hydrogen-bond donors (Lipinski definition) is 0. The topological polar surface area (TPSA) is 51.8 Å². The molecule has 0 fully saturated rings. The summed E-state index contributed by atoms with van der Waals surface area (Å²) in [6.45, 7) is 4.07. The molecule has 0 saturated heterocycles. The van der Waals surface area contributed by atoms with Crippen LogP contribution in [0.2, 0.25) is 0 Å². The third kappa shape index (κ3) is 4.94. The Bertz CT molecular complexity index is 2920. The number of thiophene rings is 1. The SMILES string of the molecule is C=Cc1cccc2c1sc1c(-c3cccc4c3oc3c(-c5cccc(-c6nc(-c7ccccc7)nc(-c7ccccc7)n6)c5)cccc34)cccc12. The van der Waals surface area contributed by atoms with Crippen LogP contribution in [0.25, 0.3) is 105 Å². The van der Waals surface area contributed by atoms with E-state index in [2.05, 4.69) is 104 Å². The number of fused-ring (bicyclic) bond motifs is 6. The van der Waals surface area contributed by atoms with Gasteiger partial charge in [0.1, 0.15) is 11.2 Å². The highest BCUT2D eigenvalue weighted by Crippen LogP contribution is 2.45. The van der Waals surface area contributed by atoms with Crippen LogP contribution in [0.1, 0.15) is 5.56 Å². The Hall–Kier alpha value is -6.69. The normalized spacial score (nSPS) is 11.5. The first kappa shape index (κ1) is 30.2. The summed E-state index contributed by atoms with van der Waals surface area (Å²) in [6.07, 6.45) is 1.94. The smallest absolute Gasteiger partial charge is 0.164 e. The Labute approximate surface area is 304 Å². The molecule has 0 aliphatic carbocycles. The molecule has 0 N–H and O–H groups in total. The van der Waals surface area contributed by atoms with E-state index in [0.717, 1.165) is 60.9 Å².